The van der Waals surface area contributed by atoms with Crippen LogP contribution in [-0.4, -0.2) is 51.6 Å². The van der Waals surface area contributed by atoms with Gasteiger partial charge in [0, 0.05) is 6.42 Å². The van der Waals surface area contributed by atoms with Crippen LogP contribution >= 0.6 is 0 Å². The third-order valence-corrected chi connectivity index (χ3v) is 3.28. The molecule has 0 aromatic heterocycles. The lowest BCUT2D eigenvalue weighted by Gasteiger charge is -2.22. The van der Waals surface area contributed by atoms with Gasteiger partial charge in [-0.05, 0) is 12.1 Å². The van der Waals surface area contributed by atoms with E-state index in [1.807, 2.05) is 6.07 Å². The number of rotatable bonds is 6. The molecule has 0 unspecified atom stereocenters. The van der Waals surface area contributed by atoms with E-state index < -0.39 is 36.3 Å². The van der Waals surface area contributed by atoms with Crippen LogP contribution in [0.3, 0.4) is 0 Å². The van der Waals surface area contributed by atoms with E-state index in [4.69, 9.17) is 4.74 Å². The summed E-state index contributed by atoms with van der Waals surface area (Å²) in [7, 11) is 0. The molecule has 0 aliphatic carbocycles. The van der Waals surface area contributed by atoms with Gasteiger partial charge in [-0.1, -0.05) is 18.2 Å². The van der Waals surface area contributed by atoms with Crippen LogP contribution in [0.15, 0.2) is 30.3 Å². The van der Waals surface area contributed by atoms with Crippen molar-refractivity contribution in [3.63, 3.8) is 0 Å². The average molecular weight is 310 g/mol. The number of benzene rings is 1. The maximum atomic E-state index is 11.7. The summed E-state index contributed by atoms with van der Waals surface area (Å²) in [5, 5.41) is 28.9. The first kappa shape index (κ1) is 16.2. The molecule has 1 aromatic rings. The van der Waals surface area contributed by atoms with E-state index in [2.05, 4.69) is 10.9 Å². The fraction of sp³-hybridized carbons (Fsp3) is 0.429. The molecule has 1 aliphatic rings. The first-order chi connectivity index (χ1) is 10.5. The second-order valence-electron chi connectivity index (χ2n) is 5.03. The molecule has 1 amide bonds. The molecule has 1 aliphatic heterocycles. The van der Waals surface area contributed by atoms with E-state index in [-0.39, 0.29) is 12.8 Å². The van der Waals surface area contributed by atoms with Crippen LogP contribution in [0.4, 0.5) is 5.69 Å². The maximum Gasteiger partial charge on any atom is 0.335 e. The van der Waals surface area contributed by atoms with Crippen molar-refractivity contribution in [1.29, 1.82) is 0 Å². The van der Waals surface area contributed by atoms with Crippen molar-refractivity contribution in [2.45, 2.75) is 37.3 Å². The second-order valence-corrected chi connectivity index (χ2v) is 5.03. The van der Waals surface area contributed by atoms with E-state index in [1.54, 1.807) is 24.3 Å². The van der Waals surface area contributed by atoms with Crippen LogP contribution in [-0.2, 0) is 14.3 Å². The minimum atomic E-state index is -1.44. The second kappa shape index (κ2) is 7.21. The molecular weight excluding hydrogens is 292 g/mol. The Kier molecular flexibility index (Phi) is 5.31. The number of esters is 1. The summed E-state index contributed by atoms with van der Waals surface area (Å²) in [6.07, 6.45) is -5.68. The van der Waals surface area contributed by atoms with Gasteiger partial charge in [0.05, 0.1) is 18.2 Å². The highest BCUT2D eigenvalue weighted by molar-refractivity contribution is 5.78. The molecule has 0 bridgehead atoms. The number of carbonyl (C=O) groups excluding carboxylic acids is 2. The molecule has 5 N–H and O–H groups in total. The summed E-state index contributed by atoms with van der Waals surface area (Å²) in [6.45, 7) is 0. The molecule has 1 fully saturated rings. The number of aliphatic hydroxyl groups excluding tert-OH is 3. The van der Waals surface area contributed by atoms with Gasteiger partial charge in [0.25, 0.3) is 0 Å². The Labute approximate surface area is 126 Å². The number of para-hydroxylation sites is 1. The lowest BCUT2D eigenvalue weighted by Crippen LogP contribution is -2.41. The van der Waals surface area contributed by atoms with Gasteiger partial charge in [0.1, 0.15) is 12.2 Å². The molecule has 22 heavy (non-hydrogen) atoms. The standard InChI is InChI=1S/C14H18N2O6/c17-9(13(20)11-6-10(18)14(21)22-11)7-12(19)16-15-8-4-2-1-3-5-8/h1-5,9-11,13,15,17-18,20H,6-7H2,(H,16,19)/t9-,10+,11-,13+/m1/s1. The Morgan fingerprint density at radius 3 is 2.59 bits per heavy atom. The molecule has 1 heterocycles. The van der Waals surface area contributed by atoms with Crippen molar-refractivity contribution >= 4 is 17.6 Å². The highest BCUT2D eigenvalue weighted by Crippen LogP contribution is 2.20. The molecule has 8 heteroatoms. The normalized spacial score (nSPS) is 23.5. The number of cyclic esters (lactones) is 1. The minimum Gasteiger partial charge on any atom is -0.457 e. The molecule has 1 aromatic carbocycles. The monoisotopic (exact) mass is 310 g/mol. The number of nitrogens with one attached hydrogen (secondary N) is 2. The Bertz CT molecular complexity index is 523. The zero-order valence-corrected chi connectivity index (χ0v) is 11.7. The molecular formula is C14H18N2O6. The zero-order chi connectivity index (χ0) is 16.1. The molecule has 0 radical (unpaired) electrons. The zero-order valence-electron chi connectivity index (χ0n) is 11.7. The van der Waals surface area contributed by atoms with E-state index in [0.717, 1.165) is 0 Å². The largest absolute Gasteiger partial charge is 0.457 e. The Balaban J connectivity index is 1.77. The number of hydrogen-bond acceptors (Lipinski definition) is 7. The predicted octanol–water partition coefficient (Wildman–Crippen LogP) is -1.08. The number of hydrazine groups is 1. The Morgan fingerprint density at radius 1 is 1.32 bits per heavy atom. The summed E-state index contributed by atoms with van der Waals surface area (Å²) < 4.78 is 4.72. The van der Waals surface area contributed by atoms with Crippen LogP contribution < -0.4 is 10.9 Å². The molecule has 8 nitrogen and oxygen atoms in total. The van der Waals surface area contributed by atoms with Crippen molar-refractivity contribution in [3.8, 4) is 0 Å². The third kappa shape index (κ3) is 4.17. The summed E-state index contributed by atoms with van der Waals surface area (Å²) in [4.78, 5) is 22.7. The van der Waals surface area contributed by atoms with Crippen molar-refractivity contribution < 1.29 is 29.6 Å². The first-order valence-electron chi connectivity index (χ1n) is 6.82. The quantitative estimate of drug-likeness (QED) is 0.334. The summed E-state index contributed by atoms with van der Waals surface area (Å²) in [6, 6.07) is 8.87. The SMILES string of the molecule is O=C(C[C@@H](O)[C@H](O)[C@H]1C[C@H](O)C(=O)O1)NNc1ccccc1. The highest BCUT2D eigenvalue weighted by atomic mass is 16.6. The first-order valence-corrected chi connectivity index (χ1v) is 6.82. The van der Waals surface area contributed by atoms with Crippen molar-refractivity contribution in [2.24, 2.45) is 0 Å². The van der Waals surface area contributed by atoms with Gasteiger partial charge >= 0.3 is 5.97 Å². The van der Waals surface area contributed by atoms with E-state index in [1.165, 1.54) is 0 Å². The maximum absolute atomic E-state index is 11.7. The number of anilines is 1. The number of carbonyl (C=O) groups is 2. The van der Waals surface area contributed by atoms with Gasteiger partial charge in [-0.3, -0.25) is 15.6 Å². The molecule has 0 spiro atoms. The fourth-order valence-corrected chi connectivity index (χ4v) is 2.07. The molecule has 0 saturated carbocycles. The summed E-state index contributed by atoms with van der Waals surface area (Å²) >= 11 is 0. The lowest BCUT2D eigenvalue weighted by atomic mass is 10.0. The van der Waals surface area contributed by atoms with Gasteiger partial charge in [0.15, 0.2) is 6.10 Å². The third-order valence-electron chi connectivity index (χ3n) is 3.28. The number of hydrogen-bond donors (Lipinski definition) is 5. The molecule has 1 saturated heterocycles. The number of amides is 1. The summed E-state index contributed by atoms with van der Waals surface area (Å²) in [5.74, 6) is -1.38. The van der Waals surface area contributed by atoms with Crippen LogP contribution in [0.25, 0.3) is 0 Å². The van der Waals surface area contributed by atoms with Crippen LogP contribution in [0.2, 0.25) is 0 Å². The van der Waals surface area contributed by atoms with E-state index in [9.17, 15) is 24.9 Å². The molecule has 120 valence electrons. The van der Waals surface area contributed by atoms with Gasteiger partial charge in [-0.15, -0.1) is 0 Å². The summed E-state index contributed by atoms with van der Waals surface area (Å²) in [5.41, 5.74) is 5.70. The molecule has 4 atom stereocenters. The lowest BCUT2D eigenvalue weighted by molar-refractivity contribution is -0.153. The predicted molar refractivity (Wildman–Crippen MR) is 75.3 cm³/mol. The van der Waals surface area contributed by atoms with Gasteiger partial charge in [-0.2, -0.15) is 0 Å². The topological polar surface area (TPSA) is 128 Å². The smallest absolute Gasteiger partial charge is 0.335 e. The van der Waals surface area contributed by atoms with E-state index >= 15 is 0 Å². The number of aliphatic hydroxyl groups is 3. The minimum absolute atomic E-state index is 0.110. The van der Waals surface area contributed by atoms with Crippen LogP contribution in [0.1, 0.15) is 12.8 Å². The average Bonchev–Trinajstić information content (AvgIpc) is 2.85. The van der Waals surface area contributed by atoms with Crippen LogP contribution in [0.5, 0.6) is 0 Å². The van der Waals surface area contributed by atoms with Gasteiger partial charge in [-0.25, -0.2) is 4.79 Å². The Hall–Kier alpha value is -2.16. The van der Waals surface area contributed by atoms with Gasteiger partial charge in [0.2, 0.25) is 5.91 Å². The van der Waals surface area contributed by atoms with Gasteiger partial charge < -0.3 is 20.1 Å². The molecule has 2 rings (SSSR count). The van der Waals surface area contributed by atoms with Crippen molar-refractivity contribution in [1.82, 2.24) is 5.43 Å². The van der Waals surface area contributed by atoms with E-state index in [0.29, 0.717) is 5.69 Å². The van der Waals surface area contributed by atoms with Crippen LogP contribution in [0, 0.1) is 0 Å². The highest BCUT2D eigenvalue weighted by Gasteiger charge is 2.40. The van der Waals surface area contributed by atoms with Crippen molar-refractivity contribution in [2.75, 3.05) is 5.43 Å². The van der Waals surface area contributed by atoms with Crippen molar-refractivity contribution in [3.05, 3.63) is 30.3 Å². The Morgan fingerprint density at radius 2 is 2.00 bits per heavy atom. The fourth-order valence-electron chi connectivity index (χ4n) is 2.07. The number of ether oxygens (including phenoxy) is 1.